The van der Waals surface area contributed by atoms with Crippen molar-refractivity contribution in [1.82, 2.24) is 5.32 Å². The third-order valence-corrected chi connectivity index (χ3v) is 2.80. The van der Waals surface area contributed by atoms with E-state index in [1.807, 2.05) is 0 Å². The van der Waals surface area contributed by atoms with E-state index in [2.05, 4.69) is 39.9 Å². The van der Waals surface area contributed by atoms with Gasteiger partial charge in [0.15, 0.2) is 0 Å². The van der Waals surface area contributed by atoms with E-state index >= 15 is 0 Å². The van der Waals surface area contributed by atoms with Gasteiger partial charge in [0.1, 0.15) is 0 Å². The molecule has 3 nitrogen and oxygen atoms in total. The highest BCUT2D eigenvalue weighted by molar-refractivity contribution is 5.76. The van der Waals surface area contributed by atoms with Gasteiger partial charge in [0.2, 0.25) is 5.91 Å². The zero-order valence-electron chi connectivity index (χ0n) is 12.2. The fraction of sp³-hybridized carbons (Fsp3) is 0.929. The number of rotatable bonds is 7. The summed E-state index contributed by atoms with van der Waals surface area (Å²) in [7, 11) is 0. The van der Waals surface area contributed by atoms with Gasteiger partial charge in [0.25, 0.3) is 0 Å². The molecule has 0 fully saturated rings. The Morgan fingerprint density at radius 3 is 2.29 bits per heavy atom. The van der Waals surface area contributed by atoms with E-state index in [0.29, 0.717) is 30.2 Å². The van der Waals surface area contributed by atoms with E-state index in [1.165, 1.54) is 0 Å². The maximum absolute atomic E-state index is 11.7. The monoisotopic (exact) mass is 242 g/mol. The first-order chi connectivity index (χ1) is 7.74. The van der Waals surface area contributed by atoms with Crippen LogP contribution in [0.15, 0.2) is 0 Å². The molecule has 0 radical (unpaired) electrons. The zero-order valence-corrected chi connectivity index (χ0v) is 12.2. The van der Waals surface area contributed by atoms with Crippen LogP contribution in [0.1, 0.15) is 53.9 Å². The Kier molecular flexibility index (Phi) is 7.44. The van der Waals surface area contributed by atoms with Gasteiger partial charge in [-0.1, -0.05) is 34.6 Å². The molecule has 3 heteroatoms. The van der Waals surface area contributed by atoms with Crippen molar-refractivity contribution in [3.8, 4) is 0 Å². The van der Waals surface area contributed by atoms with E-state index in [4.69, 9.17) is 5.73 Å². The van der Waals surface area contributed by atoms with Gasteiger partial charge < -0.3 is 11.1 Å². The molecule has 17 heavy (non-hydrogen) atoms. The molecule has 0 aliphatic heterocycles. The van der Waals surface area contributed by atoms with Crippen molar-refractivity contribution in [2.75, 3.05) is 13.1 Å². The number of amides is 1. The number of nitrogens with one attached hydrogen (secondary N) is 1. The fourth-order valence-electron chi connectivity index (χ4n) is 2.18. The zero-order chi connectivity index (χ0) is 13.5. The number of carbonyl (C=O) groups excluding carboxylic acids is 1. The van der Waals surface area contributed by atoms with Gasteiger partial charge in [-0.25, -0.2) is 0 Å². The van der Waals surface area contributed by atoms with Crippen LogP contribution in [0.25, 0.3) is 0 Å². The molecule has 102 valence electrons. The van der Waals surface area contributed by atoms with Crippen molar-refractivity contribution in [1.29, 1.82) is 0 Å². The minimum absolute atomic E-state index is 0.172. The SMILES string of the molecule is CC(CCN)CNC(=O)CC(C)CC(C)(C)C. The Bertz CT molecular complexity index is 221. The summed E-state index contributed by atoms with van der Waals surface area (Å²) in [6, 6.07) is 0. The smallest absolute Gasteiger partial charge is 0.220 e. The summed E-state index contributed by atoms with van der Waals surface area (Å²) >= 11 is 0. The van der Waals surface area contributed by atoms with Crippen molar-refractivity contribution < 1.29 is 4.79 Å². The highest BCUT2D eigenvalue weighted by Crippen LogP contribution is 2.25. The van der Waals surface area contributed by atoms with Crippen molar-refractivity contribution in [2.24, 2.45) is 23.0 Å². The molecule has 0 aromatic carbocycles. The molecule has 3 N–H and O–H groups in total. The van der Waals surface area contributed by atoms with Crippen LogP contribution >= 0.6 is 0 Å². The van der Waals surface area contributed by atoms with Crippen LogP contribution in [-0.4, -0.2) is 19.0 Å². The Morgan fingerprint density at radius 1 is 1.24 bits per heavy atom. The minimum atomic E-state index is 0.172. The summed E-state index contributed by atoms with van der Waals surface area (Å²) in [6.07, 6.45) is 2.68. The molecule has 2 unspecified atom stereocenters. The second kappa shape index (κ2) is 7.70. The van der Waals surface area contributed by atoms with E-state index in [0.717, 1.165) is 19.4 Å². The van der Waals surface area contributed by atoms with Gasteiger partial charge in [-0.2, -0.15) is 0 Å². The Hall–Kier alpha value is -0.570. The molecule has 0 bridgehead atoms. The van der Waals surface area contributed by atoms with Crippen molar-refractivity contribution >= 4 is 5.91 Å². The lowest BCUT2D eigenvalue weighted by Gasteiger charge is -2.23. The maximum Gasteiger partial charge on any atom is 0.220 e. The quantitative estimate of drug-likeness (QED) is 0.721. The summed E-state index contributed by atoms with van der Waals surface area (Å²) in [5.41, 5.74) is 5.77. The Labute approximate surface area is 107 Å². The highest BCUT2D eigenvalue weighted by Gasteiger charge is 2.17. The molecule has 0 aromatic heterocycles. The van der Waals surface area contributed by atoms with Crippen LogP contribution in [0.5, 0.6) is 0 Å². The first-order valence-corrected chi connectivity index (χ1v) is 6.71. The lowest BCUT2D eigenvalue weighted by atomic mass is 9.84. The van der Waals surface area contributed by atoms with Crippen LogP contribution in [0.3, 0.4) is 0 Å². The summed E-state index contributed by atoms with van der Waals surface area (Å²) < 4.78 is 0. The van der Waals surface area contributed by atoms with E-state index in [-0.39, 0.29) is 5.91 Å². The summed E-state index contributed by atoms with van der Waals surface area (Å²) in [5, 5.41) is 2.99. The van der Waals surface area contributed by atoms with Crippen LogP contribution < -0.4 is 11.1 Å². The van der Waals surface area contributed by atoms with Gasteiger partial charge in [-0.3, -0.25) is 4.79 Å². The molecule has 0 saturated carbocycles. The molecule has 1 amide bonds. The Balaban J connectivity index is 3.78. The second-order valence-corrected chi connectivity index (χ2v) is 6.56. The predicted molar refractivity (Wildman–Crippen MR) is 73.7 cm³/mol. The molecule has 0 rings (SSSR count). The first kappa shape index (κ1) is 16.4. The summed E-state index contributed by atoms with van der Waals surface area (Å²) in [6.45, 7) is 12.3. The predicted octanol–water partition coefficient (Wildman–Crippen LogP) is 2.55. The van der Waals surface area contributed by atoms with Crippen LogP contribution in [0.4, 0.5) is 0 Å². The molecular weight excluding hydrogens is 212 g/mol. The normalized spacial score (nSPS) is 15.4. The third kappa shape index (κ3) is 10.3. The minimum Gasteiger partial charge on any atom is -0.356 e. The number of hydrogen-bond donors (Lipinski definition) is 2. The second-order valence-electron chi connectivity index (χ2n) is 6.56. The summed E-state index contributed by atoms with van der Waals surface area (Å²) in [5.74, 6) is 1.09. The first-order valence-electron chi connectivity index (χ1n) is 6.71. The van der Waals surface area contributed by atoms with Gasteiger partial charge in [-0.05, 0) is 36.6 Å². The lowest BCUT2D eigenvalue weighted by molar-refractivity contribution is -0.122. The van der Waals surface area contributed by atoms with E-state index < -0.39 is 0 Å². The van der Waals surface area contributed by atoms with Gasteiger partial charge in [0.05, 0.1) is 0 Å². The Morgan fingerprint density at radius 2 is 1.82 bits per heavy atom. The number of nitrogens with two attached hydrogens (primary N) is 1. The molecular formula is C14H30N2O. The maximum atomic E-state index is 11.7. The molecule has 0 aliphatic carbocycles. The average Bonchev–Trinajstić information content (AvgIpc) is 2.12. The topological polar surface area (TPSA) is 55.1 Å². The van der Waals surface area contributed by atoms with Crippen LogP contribution in [-0.2, 0) is 4.79 Å². The number of carbonyl (C=O) groups is 1. The molecule has 0 aromatic rings. The van der Waals surface area contributed by atoms with Crippen molar-refractivity contribution in [2.45, 2.75) is 53.9 Å². The molecule has 2 atom stereocenters. The molecule has 0 aliphatic rings. The van der Waals surface area contributed by atoms with Crippen LogP contribution in [0, 0.1) is 17.3 Å². The summed E-state index contributed by atoms with van der Waals surface area (Å²) in [4.78, 5) is 11.7. The van der Waals surface area contributed by atoms with Gasteiger partial charge >= 0.3 is 0 Å². The van der Waals surface area contributed by atoms with Gasteiger partial charge in [-0.15, -0.1) is 0 Å². The highest BCUT2D eigenvalue weighted by atomic mass is 16.1. The number of hydrogen-bond acceptors (Lipinski definition) is 2. The van der Waals surface area contributed by atoms with Gasteiger partial charge in [0, 0.05) is 13.0 Å². The van der Waals surface area contributed by atoms with Crippen molar-refractivity contribution in [3.05, 3.63) is 0 Å². The van der Waals surface area contributed by atoms with Crippen molar-refractivity contribution in [3.63, 3.8) is 0 Å². The fourth-order valence-corrected chi connectivity index (χ4v) is 2.18. The molecule has 0 saturated heterocycles. The van der Waals surface area contributed by atoms with E-state index in [9.17, 15) is 4.79 Å². The largest absolute Gasteiger partial charge is 0.356 e. The third-order valence-electron chi connectivity index (χ3n) is 2.80. The standard InChI is InChI=1S/C14H30N2O/c1-11(6-7-15)10-16-13(17)8-12(2)9-14(3,4)5/h11-12H,6-10,15H2,1-5H3,(H,16,17). The molecule has 0 heterocycles. The van der Waals surface area contributed by atoms with Crippen LogP contribution in [0.2, 0.25) is 0 Å². The molecule has 0 spiro atoms. The lowest BCUT2D eigenvalue weighted by Crippen LogP contribution is -2.30. The van der Waals surface area contributed by atoms with E-state index in [1.54, 1.807) is 0 Å². The average molecular weight is 242 g/mol.